The van der Waals surface area contributed by atoms with Crippen LogP contribution in [-0.2, 0) is 4.79 Å². The lowest BCUT2D eigenvalue weighted by molar-refractivity contribution is -0.145. The number of carbonyl (C=O) groups excluding carboxylic acids is 1. The molecule has 20 heavy (non-hydrogen) atoms. The van der Waals surface area contributed by atoms with E-state index in [2.05, 4.69) is 0 Å². The number of rotatable bonds is 3. The lowest BCUT2D eigenvalue weighted by Gasteiger charge is -2.41. The van der Waals surface area contributed by atoms with Gasteiger partial charge in [-0.15, -0.1) is 0 Å². The van der Waals surface area contributed by atoms with E-state index in [1.165, 1.54) is 4.90 Å². The van der Waals surface area contributed by atoms with Crippen LogP contribution in [0.5, 0.6) is 0 Å². The van der Waals surface area contributed by atoms with Crippen LogP contribution in [0.3, 0.4) is 0 Å². The van der Waals surface area contributed by atoms with Gasteiger partial charge in [0.15, 0.2) is 0 Å². The average Bonchev–Trinajstić information content (AvgIpc) is 2.35. The SMILES string of the molecule is CC1CCCN(C(=O)N(C)CC2CC(O)C2)C1C(=O)O. The van der Waals surface area contributed by atoms with E-state index < -0.39 is 12.0 Å². The van der Waals surface area contributed by atoms with Gasteiger partial charge in [0, 0.05) is 20.1 Å². The van der Waals surface area contributed by atoms with Gasteiger partial charge in [0.05, 0.1) is 6.10 Å². The van der Waals surface area contributed by atoms with Gasteiger partial charge in [-0.3, -0.25) is 0 Å². The summed E-state index contributed by atoms with van der Waals surface area (Å²) in [6, 6.07) is -0.920. The van der Waals surface area contributed by atoms with Crippen LogP contribution < -0.4 is 0 Å². The van der Waals surface area contributed by atoms with E-state index in [0.717, 1.165) is 25.7 Å². The largest absolute Gasteiger partial charge is 0.480 e. The van der Waals surface area contributed by atoms with Crippen molar-refractivity contribution < 1.29 is 19.8 Å². The van der Waals surface area contributed by atoms with E-state index in [1.807, 2.05) is 6.92 Å². The fourth-order valence-corrected chi connectivity index (χ4v) is 3.31. The maximum Gasteiger partial charge on any atom is 0.326 e. The molecule has 2 unspecified atom stereocenters. The first-order valence-electron chi connectivity index (χ1n) is 7.32. The number of piperidine rings is 1. The first-order valence-corrected chi connectivity index (χ1v) is 7.32. The predicted octanol–water partition coefficient (Wildman–Crippen LogP) is 0.994. The van der Waals surface area contributed by atoms with Crippen LogP contribution in [0, 0.1) is 11.8 Å². The standard InChI is InChI=1S/C14H24N2O4/c1-9-4-3-5-16(12(9)13(18)19)14(20)15(2)8-10-6-11(17)7-10/h9-12,17H,3-8H2,1-2H3,(H,18,19). The molecule has 1 aliphatic carbocycles. The molecule has 2 atom stereocenters. The number of aliphatic hydroxyl groups is 1. The molecule has 1 saturated carbocycles. The molecule has 2 amide bonds. The fraction of sp³-hybridized carbons (Fsp3) is 0.857. The molecule has 2 fully saturated rings. The van der Waals surface area contributed by atoms with E-state index in [4.69, 9.17) is 0 Å². The van der Waals surface area contributed by atoms with Gasteiger partial charge in [0.25, 0.3) is 0 Å². The minimum absolute atomic E-state index is 0.0101. The Bertz CT molecular complexity index is 381. The van der Waals surface area contributed by atoms with Crippen molar-refractivity contribution in [2.75, 3.05) is 20.1 Å². The number of likely N-dealkylation sites (tertiary alicyclic amines) is 1. The summed E-state index contributed by atoms with van der Waals surface area (Å²) in [5, 5.41) is 18.6. The highest BCUT2D eigenvalue weighted by Crippen LogP contribution is 2.29. The van der Waals surface area contributed by atoms with E-state index in [1.54, 1.807) is 11.9 Å². The molecule has 2 aliphatic rings. The highest BCUT2D eigenvalue weighted by atomic mass is 16.4. The first-order chi connectivity index (χ1) is 9.40. The molecule has 0 aromatic heterocycles. The zero-order valence-electron chi connectivity index (χ0n) is 12.2. The van der Waals surface area contributed by atoms with Gasteiger partial charge in [0.1, 0.15) is 6.04 Å². The number of amides is 2. The molecule has 0 radical (unpaired) electrons. The van der Waals surface area contributed by atoms with Gasteiger partial charge in [-0.1, -0.05) is 6.92 Å². The molecule has 6 nitrogen and oxygen atoms in total. The monoisotopic (exact) mass is 284 g/mol. The molecule has 0 aromatic carbocycles. The van der Waals surface area contributed by atoms with Gasteiger partial charge in [-0.25, -0.2) is 9.59 Å². The van der Waals surface area contributed by atoms with Crippen molar-refractivity contribution in [2.24, 2.45) is 11.8 Å². The number of hydrogen-bond donors (Lipinski definition) is 2. The third kappa shape index (κ3) is 3.06. The molecule has 1 heterocycles. The Balaban J connectivity index is 1.96. The second kappa shape index (κ2) is 5.99. The van der Waals surface area contributed by atoms with Gasteiger partial charge < -0.3 is 20.0 Å². The molecule has 2 rings (SSSR count). The van der Waals surface area contributed by atoms with Crippen molar-refractivity contribution >= 4 is 12.0 Å². The smallest absolute Gasteiger partial charge is 0.326 e. The molecule has 0 aromatic rings. The van der Waals surface area contributed by atoms with Gasteiger partial charge in [-0.05, 0) is 37.5 Å². The van der Waals surface area contributed by atoms with Crippen LogP contribution in [0.15, 0.2) is 0 Å². The summed E-state index contributed by atoms with van der Waals surface area (Å²) >= 11 is 0. The summed E-state index contributed by atoms with van der Waals surface area (Å²) in [5.74, 6) is -0.591. The van der Waals surface area contributed by atoms with E-state index in [9.17, 15) is 19.8 Å². The van der Waals surface area contributed by atoms with Crippen LogP contribution >= 0.6 is 0 Å². The lowest BCUT2D eigenvalue weighted by Crippen LogP contribution is -2.56. The third-order valence-corrected chi connectivity index (χ3v) is 4.50. The summed E-state index contributed by atoms with van der Waals surface area (Å²) in [5.41, 5.74) is 0. The second-order valence-electron chi connectivity index (χ2n) is 6.25. The van der Waals surface area contributed by atoms with Crippen LogP contribution in [0.1, 0.15) is 32.6 Å². The topological polar surface area (TPSA) is 81.1 Å². The van der Waals surface area contributed by atoms with Crippen LogP contribution in [0.4, 0.5) is 4.79 Å². The summed E-state index contributed by atoms with van der Waals surface area (Å²) < 4.78 is 0. The molecule has 1 saturated heterocycles. The predicted molar refractivity (Wildman–Crippen MR) is 73.3 cm³/mol. The summed E-state index contributed by atoms with van der Waals surface area (Å²) in [4.78, 5) is 26.9. The Morgan fingerprint density at radius 1 is 1.35 bits per heavy atom. The maximum absolute atomic E-state index is 12.4. The zero-order valence-corrected chi connectivity index (χ0v) is 12.2. The second-order valence-corrected chi connectivity index (χ2v) is 6.25. The summed E-state index contributed by atoms with van der Waals surface area (Å²) in [6.07, 6.45) is 2.93. The number of carboxylic acid groups (broad SMARTS) is 1. The van der Waals surface area contributed by atoms with Crippen molar-refractivity contribution in [3.05, 3.63) is 0 Å². The van der Waals surface area contributed by atoms with Crippen molar-refractivity contribution in [1.82, 2.24) is 9.80 Å². The number of aliphatic hydroxyl groups excluding tert-OH is 1. The molecule has 6 heteroatoms. The summed E-state index contributed by atoms with van der Waals surface area (Å²) in [6.45, 7) is 2.99. The lowest BCUT2D eigenvalue weighted by atomic mass is 9.82. The molecule has 114 valence electrons. The Labute approximate surface area is 119 Å². The van der Waals surface area contributed by atoms with Crippen molar-refractivity contribution in [3.63, 3.8) is 0 Å². The molecule has 2 N–H and O–H groups in total. The maximum atomic E-state index is 12.4. The van der Waals surface area contributed by atoms with Gasteiger partial charge in [0.2, 0.25) is 0 Å². The summed E-state index contributed by atoms with van der Waals surface area (Å²) in [7, 11) is 1.71. The highest BCUT2D eigenvalue weighted by Gasteiger charge is 2.39. The van der Waals surface area contributed by atoms with E-state index in [0.29, 0.717) is 19.0 Å². The normalized spacial score (nSPS) is 33.5. The minimum atomic E-state index is -0.919. The molecular weight excluding hydrogens is 260 g/mol. The zero-order chi connectivity index (χ0) is 14.9. The van der Waals surface area contributed by atoms with Crippen LogP contribution in [0.25, 0.3) is 0 Å². The van der Waals surface area contributed by atoms with Crippen LogP contribution in [-0.4, -0.2) is 64.3 Å². The molecule has 0 bridgehead atoms. The number of aliphatic carboxylic acids is 1. The average molecular weight is 284 g/mol. The molecule has 1 aliphatic heterocycles. The number of urea groups is 1. The van der Waals surface area contributed by atoms with Crippen molar-refractivity contribution in [2.45, 2.75) is 44.8 Å². The number of carboxylic acids is 1. The van der Waals surface area contributed by atoms with E-state index >= 15 is 0 Å². The van der Waals surface area contributed by atoms with Crippen molar-refractivity contribution in [1.29, 1.82) is 0 Å². The Kier molecular flexibility index (Phi) is 4.52. The Hall–Kier alpha value is -1.30. The molecule has 0 spiro atoms. The Morgan fingerprint density at radius 2 is 2.00 bits per heavy atom. The number of hydrogen-bond acceptors (Lipinski definition) is 3. The van der Waals surface area contributed by atoms with Crippen LogP contribution in [0.2, 0.25) is 0 Å². The minimum Gasteiger partial charge on any atom is -0.480 e. The molecular formula is C14H24N2O4. The van der Waals surface area contributed by atoms with Crippen molar-refractivity contribution in [3.8, 4) is 0 Å². The Morgan fingerprint density at radius 3 is 2.55 bits per heavy atom. The van der Waals surface area contributed by atoms with Gasteiger partial charge >= 0.3 is 12.0 Å². The van der Waals surface area contributed by atoms with E-state index in [-0.39, 0.29) is 18.1 Å². The first kappa shape index (κ1) is 15.1. The highest BCUT2D eigenvalue weighted by molar-refractivity contribution is 5.83. The van der Waals surface area contributed by atoms with Gasteiger partial charge in [-0.2, -0.15) is 0 Å². The number of nitrogens with zero attached hydrogens (tertiary/aromatic N) is 2. The quantitative estimate of drug-likeness (QED) is 0.810. The number of carbonyl (C=O) groups is 2. The third-order valence-electron chi connectivity index (χ3n) is 4.50. The fourth-order valence-electron chi connectivity index (χ4n) is 3.31.